The van der Waals surface area contributed by atoms with Gasteiger partial charge in [-0.05, 0) is 81.3 Å². The minimum absolute atomic E-state index is 0.115. The Labute approximate surface area is 193 Å². The van der Waals surface area contributed by atoms with Crippen LogP contribution in [-0.4, -0.2) is 28.9 Å². The summed E-state index contributed by atoms with van der Waals surface area (Å²) < 4.78 is 5.60. The molecule has 32 heavy (non-hydrogen) atoms. The van der Waals surface area contributed by atoms with E-state index in [1.54, 1.807) is 12.7 Å². The third-order valence-corrected chi connectivity index (χ3v) is 10.5. The fourth-order valence-electron chi connectivity index (χ4n) is 8.13. The number of rotatable bonds is 4. The van der Waals surface area contributed by atoms with Gasteiger partial charge in [0.1, 0.15) is 0 Å². The molecule has 1 heterocycles. The van der Waals surface area contributed by atoms with Gasteiger partial charge in [-0.15, -0.1) is 0 Å². The molecular formula is C29H41NO2. The Hall–Kier alpha value is -1.58. The quantitative estimate of drug-likeness (QED) is 0.535. The summed E-state index contributed by atoms with van der Waals surface area (Å²) in [6, 6.07) is 8.84. The largest absolute Gasteiger partial charge is 0.393 e. The van der Waals surface area contributed by atoms with Gasteiger partial charge in [0.05, 0.1) is 11.7 Å². The number of H-pyrrole nitrogens is 1. The van der Waals surface area contributed by atoms with Crippen LogP contribution in [0.2, 0.25) is 0 Å². The van der Waals surface area contributed by atoms with E-state index in [0.29, 0.717) is 11.8 Å². The second-order valence-corrected chi connectivity index (χ2v) is 12.1. The van der Waals surface area contributed by atoms with Crippen LogP contribution in [0, 0.1) is 22.7 Å². The van der Waals surface area contributed by atoms with Crippen molar-refractivity contribution < 1.29 is 9.84 Å². The van der Waals surface area contributed by atoms with Gasteiger partial charge in [0, 0.05) is 34.5 Å². The summed E-state index contributed by atoms with van der Waals surface area (Å²) in [5.74, 6) is 1.18. The molecule has 0 bridgehead atoms. The number of para-hydroxylation sites is 1. The molecule has 3 heteroatoms. The minimum Gasteiger partial charge on any atom is -0.393 e. The first-order valence-corrected chi connectivity index (χ1v) is 12.6. The number of hydrogen-bond acceptors (Lipinski definition) is 2. The molecule has 0 unspecified atom stereocenters. The Bertz CT molecular complexity index is 1050. The fraction of sp³-hybridized carbons (Fsp3) is 0.655. The number of aromatic nitrogens is 1. The van der Waals surface area contributed by atoms with Gasteiger partial charge >= 0.3 is 0 Å². The molecule has 0 aliphatic heterocycles. The van der Waals surface area contributed by atoms with Crippen LogP contribution in [0.3, 0.4) is 0 Å². The van der Waals surface area contributed by atoms with E-state index in [2.05, 4.69) is 76.0 Å². The molecule has 174 valence electrons. The van der Waals surface area contributed by atoms with Crippen molar-refractivity contribution in [3.8, 4) is 0 Å². The zero-order valence-corrected chi connectivity index (χ0v) is 20.8. The highest BCUT2D eigenvalue weighted by Gasteiger charge is 2.66. The van der Waals surface area contributed by atoms with Crippen LogP contribution < -0.4 is 0 Å². The van der Waals surface area contributed by atoms with Crippen molar-refractivity contribution >= 4 is 10.9 Å². The van der Waals surface area contributed by atoms with Gasteiger partial charge < -0.3 is 14.8 Å². The van der Waals surface area contributed by atoms with Gasteiger partial charge in [0.2, 0.25) is 0 Å². The standard InChI is InChI=1S/C29H41NO2/c1-26(2,32-6)15-9-16-27(3)23-13-12-19-18-21-20-10-7-8-11-22(20)30-25(21)29(19,5)28(23,4)17-14-24(27)31/h7-11,15,19,23-24,30-31H,12-14,16-18H2,1-6H3/t19-,23-,24-,27-,28-,29+/m0/s1. The van der Waals surface area contributed by atoms with E-state index in [9.17, 15) is 5.11 Å². The molecule has 5 rings (SSSR count). The summed E-state index contributed by atoms with van der Waals surface area (Å²) in [6.07, 6.45) is 10.8. The highest BCUT2D eigenvalue weighted by molar-refractivity contribution is 5.86. The molecule has 3 nitrogen and oxygen atoms in total. The van der Waals surface area contributed by atoms with Crippen molar-refractivity contribution in [3.05, 3.63) is 47.7 Å². The summed E-state index contributed by atoms with van der Waals surface area (Å²) >= 11 is 0. The van der Waals surface area contributed by atoms with Crippen LogP contribution in [-0.2, 0) is 16.6 Å². The van der Waals surface area contributed by atoms with E-state index in [0.717, 1.165) is 19.3 Å². The summed E-state index contributed by atoms with van der Waals surface area (Å²) in [6.45, 7) is 11.6. The normalized spacial score (nSPS) is 39.3. The molecule has 2 saturated carbocycles. The van der Waals surface area contributed by atoms with Crippen molar-refractivity contribution in [2.75, 3.05) is 7.11 Å². The number of fused-ring (bicyclic) bond motifs is 7. The van der Waals surface area contributed by atoms with Crippen LogP contribution in [0.5, 0.6) is 0 Å². The summed E-state index contributed by atoms with van der Waals surface area (Å²) in [5, 5.41) is 12.7. The molecule has 6 atom stereocenters. The topological polar surface area (TPSA) is 45.2 Å². The molecule has 2 fully saturated rings. The lowest BCUT2D eigenvalue weighted by Crippen LogP contribution is -2.62. The highest BCUT2D eigenvalue weighted by atomic mass is 16.5. The second kappa shape index (κ2) is 7.21. The second-order valence-electron chi connectivity index (χ2n) is 12.1. The van der Waals surface area contributed by atoms with Crippen molar-refractivity contribution in [1.82, 2.24) is 4.98 Å². The lowest BCUT2D eigenvalue weighted by molar-refractivity contribution is -0.162. The number of aliphatic hydroxyl groups is 1. The lowest BCUT2D eigenvalue weighted by atomic mass is 9.40. The highest BCUT2D eigenvalue weighted by Crippen LogP contribution is 2.70. The smallest absolute Gasteiger partial charge is 0.0802 e. The molecule has 1 aromatic carbocycles. The third-order valence-electron chi connectivity index (χ3n) is 10.5. The van der Waals surface area contributed by atoms with Crippen molar-refractivity contribution in [1.29, 1.82) is 0 Å². The molecule has 1 aromatic heterocycles. The number of methoxy groups -OCH3 is 1. The Morgan fingerprint density at radius 1 is 1.16 bits per heavy atom. The van der Waals surface area contributed by atoms with Gasteiger partial charge in [0.15, 0.2) is 0 Å². The number of ether oxygens (including phenoxy) is 1. The van der Waals surface area contributed by atoms with E-state index < -0.39 is 0 Å². The number of aromatic amines is 1. The molecule has 0 radical (unpaired) electrons. The summed E-state index contributed by atoms with van der Waals surface area (Å²) in [7, 11) is 1.76. The Balaban J connectivity index is 1.56. The van der Waals surface area contributed by atoms with Gasteiger partial charge in [-0.1, -0.05) is 51.1 Å². The van der Waals surface area contributed by atoms with Crippen LogP contribution in [0.1, 0.15) is 78.0 Å². The number of hydrogen-bond donors (Lipinski definition) is 2. The van der Waals surface area contributed by atoms with E-state index >= 15 is 0 Å². The zero-order chi connectivity index (χ0) is 22.9. The van der Waals surface area contributed by atoms with Gasteiger partial charge in [-0.25, -0.2) is 0 Å². The van der Waals surface area contributed by atoms with Crippen LogP contribution in [0.15, 0.2) is 36.4 Å². The lowest BCUT2D eigenvalue weighted by Gasteiger charge is -2.64. The summed E-state index contributed by atoms with van der Waals surface area (Å²) in [4.78, 5) is 3.89. The minimum atomic E-state index is -0.270. The predicted molar refractivity (Wildman–Crippen MR) is 132 cm³/mol. The molecule has 2 N–H and O–H groups in total. The monoisotopic (exact) mass is 435 g/mol. The Kier molecular flexibility index (Phi) is 5.01. The molecule has 3 aliphatic carbocycles. The molecule has 0 amide bonds. The SMILES string of the molecule is COC(C)(C)C=CC[C@]1(C)[C@@H](O)CC[C@@]2(C)[C@H]1CC[C@H]1Cc3c([nH]c4ccccc34)[C@@]12C. The van der Waals surface area contributed by atoms with Gasteiger partial charge in [-0.3, -0.25) is 0 Å². The third kappa shape index (κ3) is 2.86. The molecule has 0 spiro atoms. The van der Waals surface area contributed by atoms with E-state index in [1.165, 1.54) is 35.9 Å². The maximum absolute atomic E-state index is 11.3. The molecule has 2 aromatic rings. The number of aliphatic hydroxyl groups excluding tert-OH is 1. The number of allylic oxidation sites excluding steroid dienone is 1. The van der Waals surface area contributed by atoms with Crippen LogP contribution in [0.25, 0.3) is 10.9 Å². The summed E-state index contributed by atoms with van der Waals surface area (Å²) in [5.41, 5.74) is 4.24. The number of benzene rings is 1. The van der Waals surface area contributed by atoms with E-state index in [4.69, 9.17) is 4.74 Å². The first-order chi connectivity index (χ1) is 15.1. The van der Waals surface area contributed by atoms with Crippen molar-refractivity contribution in [2.24, 2.45) is 22.7 Å². The molecular weight excluding hydrogens is 394 g/mol. The predicted octanol–water partition coefficient (Wildman–Crippen LogP) is 6.55. The van der Waals surface area contributed by atoms with Crippen LogP contribution >= 0.6 is 0 Å². The maximum atomic E-state index is 11.3. The number of nitrogens with one attached hydrogen (secondary N) is 1. The molecule has 0 saturated heterocycles. The fourth-order valence-corrected chi connectivity index (χ4v) is 8.13. The maximum Gasteiger partial charge on any atom is 0.0802 e. The average Bonchev–Trinajstić information content (AvgIpc) is 3.26. The Morgan fingerprint density at radius 2 is 1.91 bits per heavy atom. The van der Waals surface area contributed by atoms with Crippen LogP contribution in [0.4, 0.5) is 0 Å². The average molecular weight is 436 g/mol. The van der Waals surface area contributed by atoms with Crippen molar-refractivity contribution in [2.45, 2.75) is 90.3 Å². The van der Waals surface area contributed by atoms with Gasteiger partial charge in [-0.2, -0.15) is 0 Å². The molecule has 3 aliphatic rings. The first kappa shape index (κ1) is 22.2. The first-order valence-electron chi connectivity index (χ1n) is 12.6. The van der Waals surface area contributed by atoms with Crippen molar-refractivity contribution in [3.63, 3.8) is 0 Å². The van der Waals surface area contributed by atoms with E-state index in [1.807, 2.05) is 0 Å². The van der Waals surface area contributed by atoms with E-state index in [-0.39, 0.29) is 27.9 Å². The Morgan fingerprint density at radius 3 is 2.66 bits per heavy atom. The van der Waals surface area contributed by atoms with Gasteiger partial charge in [0.25, 0.3) is 0 Å². The zero-order valence-electron chi connectivity index (χ0n) is 20.8.